The number of nitrogens with zero attached hydrogens (tertiary/aromatic N) is 2. The molecule has 34 heavy (non-hydrogen) atoms. The van der Waals surface area contributed by atoms with Crippen molar-refractivity contribution in [3.8, 4) is 6.07 Å². The van der Waals surface area contributed by atoms with Crippen molar-refractivity contribution in [1.82, 2.24) is 15.5 Å². The number of carbonyl (C=O) groups is 3. The van der Waals surface area contributed by atoms with Crippen LogP contribution < -0.4 is 10.6 Å². The van der Waals surface area contributed by atoms with Crippen LogP contribution in [-0.2, 0) is 14.4 Å². The van der Waals surface area contributed by atoms with Gasteiger partial charge in [-0.2, -0.15) is 5.26 Å². The Kier molecular flexibility index (Phi) is 6.78. The summed E-state index contributed by atoms with van der Waals surface area (Å²) in [6.07, 6.45) is -1.41. The van der Waals surface area contributed by atoms with Crippen LogP contribution in [0.2, 0.25) is 5.02 Å². The lowest BCUT2D eigenvalue weighted by molar-refractivity contribution is -0.198. The Morgan fingerprint density at radius 3 is 2.74 bits per heavy atom. The van der Waals surface area contributed by atoms with E-state index in [2.05, 4.69) is 10.6 Å². The van der Waals surface area contributed by atoms with Crippen molar-refractivity contribution >= 4 is 29.3 Å². The summed E-state index contributed by atoms with van der Waals surface area (Å²) in [5, 5.41) is 25.6. The number of nitrogens with one attached hydrogen (secondary N) is 2. The predicted molar refractivity (Wildman–Crippen MR) is 116 cm³/mol. The number of hydrogen-bond acceptors (Lipinski definition) is 5. The SMILES string of the molecule is N#C[C@@H](C[C@@H]1CCNC1=O)NC(=O)[C@H]1[C@H]2CC[C@H](CC2(F)F)N1C(=O)[C@H](O)c1cccc(Cl)c1. The number of amides is 3. The number of alkyl halides is 2. The summed E-state index contributed by atoms with van der Waals surface area (Å²) < 4.78 is 29.6. The molecule has 0 spiro atoms. The molecule has 0 radical (unpaired) electrons. The number of halogens is 3. The fourth-order valence-corrected chi connectivity index (χ4v) is 5.54. The molecule has 8 nitrogen and oxygen atoms in total. The molecule has 0 aromatic heterocycles. The Labute approximate surface area is 200 Å². The van der Waals surface area contributed by atoms with Crippen molar-refractivity contribution in [3.05, 3.63) is 34.9 Å². The Bertz CT molecular complexity index is 1030. The van der Waals surface area contributed by atoms with Gasteiger partial charge >= 0.3 is 0 Å². The molecule has 11 heteroatoms. The molecule has 3 N–H and O–H groups in total. The van der Waals surface area contributed by atoms with E-state index in [1.807, 2.05) is 6.07 Å². The van der Waals surface area contributed by atoms with E-state index in [1.54, 1.807) is 12.1 Å². The van der Waals surface area contributed by atoms with Crippen molar-refractivity contribution in [1.29, 1.82) is 5.26 Å². The number of piperidine rings is 2. The fraction of sp³-hybridized carbons (Fsp3) is 0.565. The zero-order valence-electron chi connectivity index (χ0n) is 18.2. The normalized spacial score (nSPS) is 29.1. The third kappa shape index (κ3) is 4.59. The van der Waals surface area contributed by atoms with Crippen LogP contribution in [-0.4, -0.2) is 58.3 Å². The summed E-state index contributed by atoms with van der Waals surface area (Å²) >= 11 is 5.95. The van der Waals surface area contributed by atoms with Crippen molar-refractivity contribution in [2.24, 2.45) is 11.8 Å². The van der Waals surface area contributed by atoms with Crippen molar-refractivity contribution < 1.29 is 28.3 Å². The standard InChI is InChI=1S/C23H25ClF2N4O4/c24-14-3-1-2-12(8-14)19(31)22(34)30-16-4-5-17(23(25,26)10-16)18(30)21(33)29-15(11-27)9-13-6-7-28-20(13)32/h1-3,8,13,15-19,31H,4-7,9-10H2,(H,28,32)(H,29,33)/t13-,15+,16+,17+,18+,19+/m0/s1. The molecular formula is C23H25ClF2N4O4. The Hall–Kier alpha value is -2.77. The summed E-state index contributed by atoms with van der Waals surface area (Å²) in [5.74, 6) is -7.05. The highest BCUT2D eigenvalue weighted by atomic mass is 35.5. The van der Waals surface area contributed by atoms with Crippen LogP contribution in [0.25, 0.3) is 0 Å². The van der Waals surface area contributed by atoms with Gasteiger partial charge in [0.25, 0.3) is 11.8 Å². The van der Waals surface area contributed by atoms with Gasteiger partial charge in [0.2, 0.25) is 11.8 Å². The average Bonchev–Trinajstić information content (AvgIpc) is 3.20. The Morgan fingerprint density at radius 2 is 2.12 bits per heavy atom. The highest BCUT2D eigenvalue weighted by Crippen LogP contribution is 2.49. The first kappa shape index (κ1) is 24.4. The number of rotatable bonds is 6. The van der Waals surface area contributed by atoms with E-state index < -0.39 is 60.2 Å². The quantitative estimate of drug-likeness (QED) is 0.557. The minimum Gasteiger partial charge on any atom is -0.378 e. The smallest absolute Gasteiger partial charge is 0.256 e. The topological polar surface area (TPSA) is 123 Å². The minimum absolute atomic E-state index is 0.0368. The summed E-state index contributed by atoms with van der Waals surface area (Å²) in [6, 6.07) is 4.35. The van der Waals surface area contributed by atoms with Gasteiger partial charge in [0, 0.05) is 29.9 Å². The Balaban J connectivity index is 1.58. The minimum atomic E-state index is -3.17. The number of carbonyl (C=O) groups excluding carboxylic acids is 3. The van der Waals surface area contributed by atoms with Gasteiger partial charge in [0.05, 0.1) is 12.0 Å². The molecule has 1 aliphatic carbocycles. The predicted octanol–water partition coefficient (Wildman–Crippen LogP) is 1.92. The van der Waals surface area contributed by atoms with Gasteiger partial charge in [-0.3, -0.25) is 14.4 Å². The zero-order chi connectivity index (χ0) is 24.6. The highest BCUT2D eigenvalue weighted by molar-refractivity contribution is 6.30. The van der Waals surface area contributed by atoms with Gasteiger partial charge < -0.3 is 20.6 Å². The van der Waals surface area contributed by atoms with Crippen LogP contribution in [0, 0.1) is 23.2 Å². The second-order valence-corrected chi connectivity index (χ2v) is 9.59. The number of nitriles is 1. The maximum atomic E-state index is 14.8. The molecule has 5 rings (SSSR count). The molecule has 3 heterocycles. The molecule has 2 bridgehead atoms. The van der Waals surface area contributed by atoms with E-state index in [9.17, 15) is 33.5 Å². The largest absolute Gasteiger partial charge is 0.378 e. The summed E-state index contributed by atoms with van der Waals surface area (Å²) in [6.45, 7) is 0.470. The van der Waals surface area contributed by atoms with E-state index >= 15 is 0 Å². The Morgan fingerprint density at radius 1 is 1.35 bits per heavy atom. The van der Waals surface area contributed by atoms with Gasteiger partial charge in [-0.25, -0.2) is 8.78 Å². The van der Waals surface area contributed by atoms with E-state index in [4.69, 9.17) is 11.6 Å². The summed E-state index contributed by atoms with van der Waals surface area (Å²) in [5.41, 5.74) is 0.187. The summed E-state index contributed by atoms with van der Waals surface area (Å²) in [7, 11) is 0. The highest BCUT2D eigenvalue weighted by Gasteiger charge is 2.61. The number of hydrogen-bond donors (Lipinski definition) is 3. The summed E-state index contributed by atoms with van der Waals surface area (Å²) in [4.78, 5) is 39.4. The molecular weight excluding hydrogens is 470 g/mol. The maximum absolute atomic E-state index is 14.8. The molecule has 0 unspecified atom stereocenters. The first-order chi connectivity index (χ1) is 16.1. The molecule has 3 aliphatic heterocycles. The van der Waals surface area contributed by atoms with Crippen LogP contribution in [0.3, 0.4) is 0 Å². The fourth-order valence-electron chi connectivity index (χ4n) is 5.34. The second-order valence-electron chi connectivity index (χ2n) is 9.15. The van der Waals surface area contributed by atoms with E-state index in [1.165, 1.54) is 12.1 Å². The van der Waals surface area contributed by atoms with Crippen LogP contribution >= 0.6 is 11.6 Å². The van der Waals surface area contributed by atoms with Gasteiger partial charge in [0.1, 0.15) is 12.1 Å². The van der Waals surface area contributed by atoms with Crippen LogP contribution in [0.15, 0.2) is 24.3 Å². The molecule has 182 valence electrons. The van der Waals surface area contributed by atoms with Crippen molar-refractivity contribution in [2.75, 3.05) is 6.54 Å². The lowest BCUT2D eigenvalue weighted by Crippen LogP contribution is -2.69. The first-order valence-electron chi connectivity index (χ1n) is 11.2. The van der Waals surface area contributed by atoms with Gasteiger partial charge in [-0.1, -0.05) is 23.7 Å². The third-order valence-corrected chi connectivity index (χ3v) is 7.25. The number of aliphatic hydroxyl groups is 1. The molecule has 1 aromatic carbocycles. The molecule has 6 atom stereocenters. The number of benzene rings is 1. The van der Waals surface area contributed by atoms with E-state index in [0.29, 0.717) is 13.0 Å². The van der Waals surface area contributed by atoms with E-state index in [-0.39, 0.29) is 35.8 Å². The van der Waals surface area contributed by atoms with Crippen molar-refractivity contribution in [2.45, 2.75) is 62.3 Å². The van der Waals surface area contributed by atoms with Gasteiger partial charge in [-0.05, 0) is 43.4 Å². The maximum Gasteiger partial charge on any atom is 0.256 e. The number of fused-ring (bicyclic) bond motifs is 3. The average molecular weight is 495 g/mol. The lowest BCUT2D eigenvalue weighted by Gasteiger charge is -2.54. The van der Waals surface area contributed by atoms with Crippen LogP contribution in [0.4, 0.5) is 8.78 Å². The lowest BCUT2D eigenvalue weighted by atomic mass is 9.71. The molecule has 3 saturated heterocycles. The molecule has 1 aromatic rings. The first-order valence-corrected chi connectivity index (χ1v) is 11.6. The van der Waals surface area contributed by atoms with Gasteiger partial charge in [0.15, 0.2) is 6.10 Å². The monoisotopic (exact) mass is 494 g/mol. The molecule has 1 saturated carbocycles. The molecule has 3 amide bonds. The van der Waals surface area contributed by atoms with E-state index in [0.717, 1.165) is 4.90 Å². The van der Waals surface area contributed by atoms with Crippen molar-refractivity contribution in [3.63, 3.8) is 0 Å². The van der Waals surface area contributed by atoms with Crippen LogP contribution in [0.1, 0.15) is 43.8 Å². The number of aliphatic hydroxyl groups excluding tert-OH is 1. The molecule has 4 fully saturated rings. The third-order valence-electron chi connectivity index (χ3n) is 7.01. The van der Waals surface area contributed by atoms with Gasteiger partial charge in [-0.15, -0.1) is 0 Å². The second kappa shape index (κ2) is 9.47. The van der Waals surface area contributed by atoms with Crippen LogP contribution in [0.5, 0.6) is 0 Å². The zero-order valence-corrected chi connectivity index (χ0v) is 19.0. The molecule has 4 aliphatic rings.